The van der Waals surface area contributed by atoms with Gasteiger partial charge in [-0.25, -0.2) is 0 Å². The average Bonchev–Trinajstić information content (AvgIpc) is 2.06. The minimum absolute atomic E-state index is 0. The number of carbonyl (C=O) groups excluding carboxylic acids is 1. The van der Waals surface area contributed by atoms with Crippen LogP contribution < -0.4 is 5.32 Å². The number of piperidine rings is 1. The maximum Gasteiger partial charge on any atom is 0.306 e. The Morgan fingerprint density at radius 2 is 2.38 bits per heavy atom. The van der Waals surface area contributed by atoms with Gasteiger partial charge in [-0.1, -0.05) is 0 Å². The average molecular weight is 208 g/mol. The predicted octanol–water partition coefficient (Wildman–Crippen LogP) is 1.36. The highest BCUT2D eigenvalue weighted by Crippen LogP contribution is 2.14. The van der Waals surface area contributed by atoms with Crippen molar-refractivity contribution in [3.63, 3.8) is 0 Å². The van der Waals surface area contributed by atoms with Crippen LogP contribution in [0.3, 0.4) is 0 Å². The van der Waals surface area contributed by atoms with Crippen molar-refractivity contribution in [2.75, 3.05) is 19.7 Å². The Labute approximate surface area is 85.6 Å². The van der Waals surface area contributed by atoms with E-state index in [4.69, 9.17) is 4.74 Å². The van der Waals surface area contributed by atoms with Gasteiger partial charge in [0.05, 0.1) is 6.61 Å². The number of hydrogen-bond acceptors (Lipinski definition) is 3. The summed E-state index contributed by atoms with van der Waals surface area (Å²) >= 11 is 0. The molecule has 1 rings (SSSR count). The largest absolute Gasteiger partial charge is 0.466 e. The van der Waals surface area contributed by atoms with Crippen LogP contribution in [0.1, 0.15) is 26.2 Å². The Hall–Kier alpha value is -0.280. The van der Waals surface area contributed by atoms with Gasteiger partial charge < -0.3 is 10.1 Å². The molecule has 1 aliphatic heterocycles. The van der Waals surface area contributed by atoms with Gasteiger partial charge >= 0.3 is 5.97 Å². The molecule has 1 heterocycles. The Morgan fingerprint density at radius 3 is 2.92 bits per heavy atom. The van der Waals surface area contributed by atoms with Crippen molar-refractivity contribution in [1.82, 2.24) is 5.32 Å². The first kappa shape index (κ1) is 12.7. The van der Waals surface area contributed by atoms with Crippen LogP contribution in [0.25, 0.3) is 0 Å². The van der Waals surface area contributed by atoms with Crippen molar-refractivity contribution in [2.24, 2.45) is 5.92 Å². The summed E-state index contributed by atoms with van der Waals surface area (Å²) in [6.45, 7) is 4.41. The lowest BCUT2D eigenvalue weighted by Crippen LogP contribution is -2.31. The smallest absolute Gasteiger partial charge is 0.306 e. The minimum Gasteiger partial charge on any atom is -0.466 e. The highest BCUT2D eigenvalue weighted by molar-refractivity contribution is 5.85. The van der Waals surface area contributed by atoms with Crippen molar-refractivity contribution in [3.8, 4) is 0 Å². The summed E-state index contributed by atoms with van der Waals surface area (Å²) in [6, 6.07) is 0. The van der Waals surface area contributed by atoms with Crippen molar-refractivity contribution >= 4 is 18.4 Å². The summed E-state index contributed by atoms with van der Waals surface area (Å²) in [4.78, 5) is 11.1. The SMILES string of the molecule is CCOC(=O)C[C@H]1CCCNC1.Cl. The third-order valence-corrected chi connectivity index (χ3v) is 2.16. The number of hydrogen-bond donors (Lipinski definition) is 1. The second kappa shape index (κ2) is 7.15. The van der Waals surface area contributed by atoms with E-state index in [1.165, 1.54) is 6.42 Å². The third-order valence-electron chi connectivity index (χ3n) is 2.16. The van der Waals surface area contributed by atoms with E-state index in [0.717, 1.165) is 19.5 Å². The van der Waals surface area contributed by atoms with Crippen LogP contribution in [0.2, 0.25) is 0 Å². The molecule has 0 spiro atoms. The molecule has 3 nitrogen and oxygen atoms in total. The van der Waals surface area contributed by atoms with E-state index in [0.29, 0.717) is 18.9 Å². The quantitative estimate of drug-likeness (QED) is 0.711. The lowest BCUT2D eigenvalue weighted by Gasteiger charge is -2.21. The molecule has 0 aromatic heterocycles. The molecule has 1 saturated heterocycles. The molecule has 1 aliphatic rings. The van der Waals surface area contributed by atoms with Crippen LogP contribution in [0, 0.1) is 5.92 Å². The first-order valence-electron chi connectivity index (χ1n) is 4.69. The molecule has 0 radical (unpaired) electrons. The molecular weight excluding hydrogens is 190 g/mol. The van der Waals surface area contributed by atoms with Crippen LogP contribution in [0.5, 0.6) is 0 Å². The predicted molar refractivity (Wildman–Crippen MR) is 54.1 cm³/mol. The zero-order valence-electron chi connectivity index (χ0n) is 8.04. The Balaban J connectivity index is 0.00000144. The van der Waals surface area contributed by atoms with Gasteiger partial charge in [0.2, 0.25) is 0 Å². The zero-order chi connectivity index (χ0) is 8.81. The standard InChI is InChI=1S/C9H17NO2.ClH/c1-2-12-9(11)6-8-4-3-5-10-7-8;/h8,10H,2-7H2,1H3;1H/t8-;/m1./s1. The summed E-state index contributed by atoms with van der Waals surface area (Å²) in [7, 11) is 0. The van der Waals surface area contributed by atoms with Crippen molar-refractivity contribution in [1.29, 1.82) is 0 Å². The molecule has 0 aliphatic carbocycles. The topological polar surface area (TPSA) is 38.3 Å². The number of nitrogens with one attached hydrogen (secondary N) is 1. The van der Waals surface area contributed by atoms with Crippen molar-refractivity contribution in [2.45, 2.75) is 26.2 Å². The monoisotopic (exact) mass is 207 g/mol. The normalized spacial score (nSPS) is 21.8. The lowest BCUT2D eigenvalue weighted by molar-refractivity contribution is -0.144. The molecule has 0 amide bonds. The van der Waals surface area contributed by atoms with Crippen LogP contribution in [0.4, 0.5) is 0 Å². The molecule has 1 fully saturated rings. The first-order valence-corrected chi connectivity index (χ1v) is 4.69. The van der Waals surface area contributed by atoms with Crippen LogP contribution >= 0.6 is 12.4 Å². The molecule has 1 N–H and O–H groups in total. The highest BCUT2D eigenvalue weighted by Gasteiger charge is 2.16. The Kier molecular flexibility index (Phi) is 7.00. The summed E-state index contributed by atoms with van der Waals surface area (Å²) in [6.07, 6.45) is 2.93. The highest BCUT2D eigenvalue weighted by atomic mass is 35.5. The molecular formula is C9H18ClNO2. The van der Waals surface area contributed by atoms with Gasteiger partial charge in [-0.2, -0.15) is 0 Å². The Bertz CT molecular complexity index is 147. The summed E-state index contributed by atoms with van der Waals surface area (Å²) in [5.41, 5.74) is 0. The fourth-order valence-corrected chi connectivity index (χ4v) is 1.55. The molecule has 78 valence electrons. The number of rotatable bonds is 3. The molecule has 0 saturated carbocycles. The van der Waals surface area contributed by atoms with Gasteiger partial charge in [0.15, 0.2) is 0 Å². The number of carbonyl (C=O) groups is 1. The zero-order valence-corrected chi connectivity index (χ0v) is 8.86. The number of ether oxygens (including phenoxy) is 1. The van der Waals surface area contributed by atoms with Gasteiger partial charge in [-0.15, -0.1) is 12.4 Å². The second-order valence-electron chi connectivity index (χ2n) is 3.22. The van der Waals surface area contributed by atoms with E-state index in [1.807, 2.05) is 6.92 Å². The molecule has 0 aromatic carbocycles. The number of halogens is 1. The van der Waals surface area contributed by atoms with Gasteiger partial charge in [-0.05, 0) is 38.8 Å². The molecule has 0 aromatic rings. The fraction of sp³-hybridized carbons (Fsp3) is 0.889. The van der Waals surface area contributed by atoms with Gasteiger partial charge in [0.1, 0.15) is 0 Å². The van der Waals surface area contributed by atoms with E-state index < -0.39 is 0 Å². The molecule has 1 atom stereocenters. The van der Waals surface area contributed by atoms with E-state index in [1.54, 1.807) is 0 Å². The first-order chi connectivity index (χ1) is 5.83. The summed E-state index contributed by atoms with van der Waals surface area (Å²) < 4.78 is 4.88. The maximum absolute atomic E-state index is 11.1. The third kappa shape index (κ3) is 5.11. The Morgan fingerprint density at radius 1 is 1.62 bits per heavy atom. The fourth-order valence-electron chi connectivity index (χ4n) is 1.55. The maximum atomic E-state index is 11.1. The van der Waals surface area contributed by atoms with E-state index in [-0.39, 0.29) is 18.4 Å². The van der Waals surface area contributed by atoms with Crippen molar-refractivity contribution in [3.05, 3.63) is 0 Å². The van der Waals surface area contributed by atoms with E-state index >= 15 is 0 Å². The van der Waals surface area contributed by atoms with Gasteiger partial charge in [0, 0.05) is 6.42 Å². The van der Waals surface area contributed by atoms with E-state index in [2.05, 4.69) is 5.32 Å². The van der Waals surface area contributed by atoms with Crippen molar-refractivity contribution < 1.29 is 9.53 Å². The molecule has 4 heteroatoms. The lowest BCUT2D eigenvalue weighted by atomic mass is 9.96. The summed E-state index contributed by atoms with van der Waals surface area (Å²) in [5.74, 6) is 0.448. The number of esters is 1. The van der Waals surface area contributed by atoms with Gasteiger partial charge in [-0.3, -0.25) is 4.79 Å². The van der Waals surface area contributed by atoms with E-state index in [9.17, 15) is 4.79 Å². The van der Waals surface area contributed by atoms with Crippen LogP contribution in [-0.4, -0.2) is 25.7 Å². The van der Waals surface area contributed by atoms with Crippen LogP contribution in [-0.2, 0) is 9.53 Å². The molecule has 13 heavy (non-hydrogen) atoms. The summed E-state index contributed by atoms with van der Waals surface area (Å²) in [5, 5.41) is 3.27. The van der Waals surface area contributed by atoms with Gasteiger partial charge in [0.25, 0.3) is 0 Å². The minimum atomic E-state index is -0.0498. The molecule has 0 unspecified atom stereocenters. The van der Waals surface area contributed by atoms with Crippen LogP contribution in [0.15, 0.2) is 0 Å². The molecule has 0 bridgehead atoms. The second-order valence-corrected chi connectivity index (χ2v) is 3.22.